The summed E-state index contributed by atoms with van der Waals surface area (Å²) in [6, 6.07) is 13.6. The number of nitrogens with zero attached hydrogens (tertiary/aromatic N) is 1. The van der Waals surface area contributed by atoms with Crippen LogP contribution in [-0.4, -0.2) is 32.5 Å². The molecule has 0 bridgehead atoms. The van der Waals surface area contributed by atoms with Gasteiger partial charge in [-0.1, -0.05) is 18.0 Å². The van der Waals surface area contributed by atoms with Crippen LogP contribution in [0.5, 0.6) is 0 Å². The molecule has 1 aliphatic heterocycles. The summed E-state index contributed by atoms with van der Waals surface area (Å²) in [7, 11) is -3.68. The third kappa shape index (κ3) is 7.04. The van der Waals surface area contributed by atoms with Gasteiger partial charge in [0, 0.05) is 40.7 Å². The second kappa shape index (κ2) is 10.8. The molecule has 0 unspecified atom stereocenters. The zero-order valence-corrected chi connectivity index (χ0v) is 18.8. The Morgan fingerprint density at radius 3 is 2.50 bits per heavy atom. The fraction of sp³-hybridized carbons (Fsp3) is 0.333. The Morgan fingerprint density at radius 1 is 1.03 bits per heavy atom. The van der Waals surface area contributed by atoms with Crippen LogP contribution in [0.15, 0.2) is 63.3 Å². The second-order valence-electron chi connectivity index (χ2n) is 6.87. The first-order chi connectivity index (χ1) is 14.4. The first-order valence-corrected chi connectivity index (χ1v) is 12.6. The van der Waals surface area contributed by atoms with E-state index < -0.39 is 10.0 Å². The first-order valence-electron chi connectivity index (χ1n) is 9.77. The van der Waals surface area contributed by atoms with Crippen LogP contribution < -0.4 is 10.0 Å². The number of nitrogens with one attached hydrogen (secondary N) is 2. The first kappa shape index (κ1) is 22.7. The number of sulfonamides is 1. The van der Waals surface area contributed by atoms with Gasteiger partial charge in [-0.15, -0.1) is 11.8 Å². The number of anilines is 1. The third-order valence-corrected chi connectivity index (χ3v) is 7.15. The largest absolute Gasteiger partial charge is 0.326 e. The summed E-state index contributed by atoms with van der Waals surface area (Å²) in [5.41, 5.74) is 0.558. The number of hydrogen-bond donors (Lipinski definition) is 2. The van der Waals surface area contributed by atoms with Gasteiger partial charge in [-0.25, -0.2) is 8.42 Å². The SMILES string of the molecule is O=C(CCSc1ccc(Cl)cc1)Nc1ccc(S(=O)(=O)NC2=NCCCCC2)cc1. The van der Waals surface area contributed by atoms with Crippen LogP contribution in [0.4, 0.5) is 5.69 Å². The fourth-order valence-corrected chi connectivity index (χ4v) is 4.97. The molecular formula is C21H24ClN3O3S2. The molecular weight excluding hydrogens is 442 g/mol. The van der Waals surface area contributed by atoms with Crippen LogP contribution >= 0.6 is 23.4 Å². The number of thioether (sulfide) groups is 1. The molecule has 2 aromatic rings. The van der Waals surface area contributed by atoms with Crippen molar-refractivity contribution in [1.82, 2.24) is 4.72 Å². The molecule has 9 heteroatoms. The minimum absolute atomic E-state index is 0.127. The molecule has 2 aromatic carbocycles. The van der Waals surface area contributed by atoms with Crippen LogP contribution in [0, 0.1) is 0 Å². The van der Waals surface area contributed by atoms with E-state index in [0.29, 0.717) is 41.7 Å². The van der Waals surface area contributed by atoms with Gasteiger partial charge < -0.3 is 5.32 Å². The van der Waals surface area contributed by atoms with Crippen LogP contribution in [0.3, 0.4) is 0 Å². The lowest BCUT2D eigenvalue weighted by Gasteiger charge is -2.10. The molecule has 30 heavy (non-hydrogen) atoms. The lowest BCUT2D eigenvalue weighted by Crippen LogP contribution is -2.30. The Balaban J connectivity index is 1.50. The number of amides is 1. The maximum atomic E-state index is 12.6. The van der Waals surface area contributed by atoms with E-state index in [1.165, 1.54) is 12.1 Å². The fourth-order valence-electron chi connectivity index (χ4n) is 2.90. The molecule has 0 spiro atoms. The van der Waals surface area contributed by atoms with Crippen molar-refractivity contribution in [1.29, 1.82) is 0 Å². The Hall–Kier alpha value is -2.03. The van der Waals surface area contributed by atoms with Gasteiger partial charge >= 0.3 is 0 Å². The van der Waals surface area contributed by atoms with Gasteiger partial charge in [0.2, 0.25) is 5.91 Å². The molecule has 6 nitrogen and oxygen atoms in total. The van der Waals surface area contributed by atoms with Gasteiger partial charge in [-0.05, 0) is 61.4 Å². The van der Waals surface area contributed by atoms with E-state index in [1.54, 1.807) is 23.9 Å². The summed E-state index contributed by atoms with van der Waals surface area (Å²) in [4.78, 5) is 17.6. The van der Waals surface area contributed by atoms with Crippen molar-refractivity contribution in [2.45, 2.75) is 41.9 Å². The second-order valence-corrected chi connectivity index (χ2v) is 10.2. The molecule has 2 N–H and O–H groups in total. The summed E-state index contributed by atoms with van der Waals surface area (Å²) >= 11 is 7.43. The molecule has 1 amide bonds. The number of halogens is 1. The van der Waals surface area contributed by atoms with Gasteiger partial charge in [0.25, 0.3) is 10.0 Å². The Labute approximate surface area is 186 Å². The minimum atomic E-state index is -3.68. The highest BCUT2D eigenvalue weighted by atomic mass is 35.5. The van der Waals surface area contributed by atoms with Gasteiger partial charge in [-0.2, -0.15) is 0 Å². The summed E-state index contributed by atoms with van der Waals surface area (Å²) in [6.07, 6.45) is 3.96. The standard InChI is InChI=1S/C21H24ClN3O3S2/c22-16-5-9-18(10-6-16)29-15-13-21(26)24-17-7-11-19(12-8-17)30(27,28)25-20-4-2-1-3-14-23-20/h5-12H,1-4,13-15H2,(H,23,25)(H,24,26). The maximum Gasteiger partial charge on any atom is 0.262 e. The molecule has 0 aliphatic carbocycles. The Morgan fingerprint density at radius 2 is 1.77 bits per heavy atom. The molecule has 1 aliphatic rings. The summed E-state index contributed by atoms with van der Waals surface area (Å²) < 4.78 is 27.7. The average molecular weight is 466 g/mol. The highest BCUT2D eigenvalue weighted by Gasteiger charge is 2.17. The van der Waals surface area contributed by atoms with Crippen LogP contribution in [0.1, 0.15) is 32.1 Å². The molecule has 0 fully saturated rings. The maximum absolute atomic E-state index is 12.6. The number of rotatable bonds is 7. The van der Waals surface area contributed by atoms with Crippen molar-refractivity contribution < 1.29 is 13.2 Å². The van der Waals surface area contributed by atoms with E-state index in [2.05, 4.69) is 15.0 Å². The van der Waals surface area contributed by atoms with Crippen molar-refractivity contribution in [3.8, 4) is 0 Å². The van der Waals surface area contributed by atoms with E-state index in [4.69, 9.17) is 11.6 Å². The number of aliphatic imine (C=N–C) groups is 1. The van der Waals surface area contributed by atoms with Crippen LogP contribution in [0.2, 0.25) is 5.02 Å². The van der Waals surface area contributed by atoms with Crippen LogP contribution in [0.25, 0.3) is 0 Å². The monoisotopic (exact) mass is 465 g/mol. The predicted octanol–water partition coefficient (Wildman–Crippen LogP) is 4.71. The molecule has 0 saturated heterocycles. The summed E-state index contributed by atoms with van der Waals surface area (Å²) in [5.74, 6) is 1.02. The molecule has 0 radical (unpaired) electrons. The molecule has 160 valence electrons. The zero-order valence-electron chi connectivity index (χ0n) is 16.4. The van der Waals surface area contributed by atoms with Crippen molar-refractivity contribution in [3.05, 3.63) is 53.6 Å². The zero-order chi connectivity index (χ0) is 21.4. The van der Waals surface area contributed by atoms with E-state index in [1.807, 2.05) is 24.3 Å². The molecule has 0 atom stereocenters. The van der Waals surface area contributed by atoms with Gasteiger partial charge in [0.05, 0.1) is 4.90 Å². The number of hydrogen-bond acceptors (Lipinski definition) is 5. The topological polar surface area (TPSA) is 87.6 Å². The minimum Gasteiger partial charge on any atom is -0.326 e. The van der Waals surface area contributed by atoms with Gasteiger partial charge in [0.15, 0.2) is 0 Å². The average Bonchev–Trinajstić information content (AvgIpc) is 2.98. The highest BCUT2D eigenvalue weighted by molar-refractivity contribution is 7.99. The number of carbonyl (C=O) groups is 1. The lowest BCUT2D eigenvalue weighted by molar-refractivity contribution is -0.115. The third-order valence-electron chi connectivity index (χ3n) is 4.49. The number of amidine groups is 1. The number of benzene rings is 2. The Kier molecular flexibility index (Phi) is 8.18. The van der Waals surface area contributed by atoms with E-state index in [-0.39, 0.29) is 10.8 Å². The predicted molar refractivity (Wildman–Crippen MR) is 123 cm³/mol. The van der Waals surface area contributed by atoms with Crippen molar-refractivity contribution in [2.75, 3.05) is 17.6 Å². The molecule has 3 rings (SSSR count). The normalized spacial score (nSPS) is 14.5. The smallest absolute Gasteiger partial charge is 0.262 e. The van der Waals surface area contributed by atoms with Crippen molar-refractivity contribution in [3.63, 3.8) is 0 Å². The number of carbonyl (C=O) groups excluding carboxylic acids is 1. The van der Waals surface area contributed by atoms with Gasteiger partial charge in [0.1, 0.15) is 5.84 Å². The lowest BCUT2D eigenvalue weighted by atomic mass is 10.2. The van der Waals surface area contributed by atoms with E-state index in [0.717, 1.165) is 24.2 Å². The van der Waals surface area contributed by atoms with Gasteiger partial charge in [-0.3, -0.25) is 14.5 Å². The van der Waals surface area contributed by atoms with Crippen LogP contribution in [-0.2, 0) is 14.8 Å². The quantitative estimate of drug-likeness (QED) is 0.579. The van der Waals surface area contributed by atoms with Crippen molar-refractivity contribution in [2.24, 2.45) is 4.99 Å². The summed E-state index contributed by atoms with van der Waals surface area (Å²) in [6.45, 7) is 0.652. The molecule has 0 aromatic heterocycles. The van der Waals surface area contributed by atoms with E-state index >= 15 is 0 Å². The summed E-state index contributed by atoms with van der Waals surface area (Å²) in [5, 5.41) is 3.47. The molecule has 0 saturated carbocycles. The van der Waals surface area contributed by atoms with Crippen molar-refractivity contribution >= 4 is 50.8 Å². The highest BCUT2D eigenvalue weighted by Crippen LogP contribution is 2.21. The van der Waals surface area contributed by atoms with E-state index in [9.17, 15) is 13.2 Å². The Bertz CT molecular complexity index is 991. The molecule has 1 heterocycles.